The predicted molar refractivity (Wildman–Crippen MR) is 120 cm³/mol. The summed E-state index contributed by atoms with van der Waals surface area (Å²) in [6, 6.07) is 19.2. The summed E-state index contributed by atoms with van der Waals surface area (Å²) in [4.78, 5) is 25.0. The molecule has 0 unspecified atom stereocenters. The maximum absolute atomic E-state index is 12.4. The molecular weight excluding hydrogens is 416 g/mol. The van der Waals surface area contributed by atoms with E-state index in [0.29, 0.717) is 34.9 Å². The van der Waals surface area contributed by atoms with Gasteiger partial charge in [-0.2, -0.15) is 0 Å². The second kappa shape index (κ2) is 9.44. The molecule has 0 spiro atoms. The summed E-state index contributed by atoms with van der Waals surface area (Å²) in [6.07, 6.45) is 1.12. The third kappa shape index (κ3) is 5.93. The summed E-state index contributed by atoms with van der Waals surface area (Å²) in [5, 5.41) is 5.49. The lowest BCUT2D eigenvalue weighted by molar-refractivity contribution is 0.101. The van der Waals surface area contributed by atoms with Gasteiger partial charge in [0.25, 0.3) is 11.8 Å². The quantitative estimate of drug-likeness (QED) is 0.581. The van der Waals surface area contributed by atoms with Gasteiger partial charge in [0, 0.05) is 28.8 Å². The van der Waals surface area contributed by atoms with Crippen molar-refractivity contribution < 1.29 is 22.7 Å². The Morgan fingerprint density at radius 2 is 1.35 bits per heavy atom. The number of carbonyl (C=O) groups is 2. The molecule has 0 saturated carbocycles. The summed E-state index contributed by atoms with van der Waals surface area (Å²) in [6.45, 7) is 2.38. The number of benzene rings is 3. The Morgan fingerprint density at radius 3 is 1.90 bits per heavy atom. The Kier molecular flexibility index (Phi) is 6.71. The zero-order valence-corrected chi connectivity index (χ0v) is 17.9. The Morgan fingerprint density at radius 1 is 0.806 bits per heavy atom. The fourth-order valence-electron chi connectivity index (χ4n) is 2.79. The van der Waals surface area contributed by atoms with Crippen molar-refractivity contribution in [2.75, 3.05) is 23.5 Å². The predicted octanol–water partition coefficient (Wildman–Crippen LogP) is 3.99. The number of ether oxygens (including phenoxy) is 1. The summed E-state index contributed by atoms with van der Waals surface area (Å²) in [5.41, 5.74) is 1.87. The smallest absolute Gasteiger partial charge is 0.255 e. The van der Waals surface area contributed by atoms with Crippen molar-refractivity contribution >= 4 is 33.0 Å². The minimum absolute atomic E-state index is 0.178. The highest BCUT2D eigenvalue weighted by Gasteiger charge is 2.11. The molecule has 0 aromatic heterocycles. The van der Waals surface area contributed by atoms with E-state index in [0.717, 1.165) is 6.26 Å². The third-order valence-electron chi connectivity index (χ3n) is 4.35. The van der Waals surface area contributed by atoms with Crippen LogP contribution in [0.25, 0.3) is 0 Å². The zero-order chi connectivity index (χ0) is 22.4. The topological polar surface area (TPSA) is 102 Å². The molecule has 0 bridgehead atoms. The van der Waals surface area contributed by atoms with Crippen LogP contribution in [0.2, 0.25) is 0 Å². The average molecular weight is 439 g/mol. The van der Waals surface area contributed by atoms with Gasteiger partial charge in [-0.1, -0.05) is 6.07 Å². The lowest BCUT2D eigenvalue weighted by atomic mass is 10.1. The van der Waals surface area contributed by atoms with Gasteiger partial charge in [0.15, 0.2) is 9.84 Å². The van der Waals surface area contributed by atoms with E-state index in [9.17, 15) is 18.0 Å². The Balaban J connectivity index is 1.63. The van der Waals surface area contributed by atoms with Crippen molar-refractivity contribution in [3.8, 4) is 5.75 Å². The molecule has 0 heterocycles. The summed E-state index contributed by atoms with van der Waals surface area (Å²) in [5.74, 6) is -0.0224. The molecule has 3 rings (SSSR count). The minimum Gasteiger partial charge on any atom is -0.494 e. The van der Waals surface area contributed by atoms with Crippen molar-refractivity contribution in [1.82, 2.24) is 0 Å². The molecule has 3 aromatic carbocycles. The summed E-state index contributed by atoms with van der Waals surface area (Å²) < 4.78 is 28.4. The fraction of sp³-hybridized carbons (Fsp3) is 0.130. The van der Waals surface area contributed by atoms with Crippen LogP contribution >= 0.6 is 0 Å². The van der Waals surface area contributed by atoms with E-state index in [-0.39, 0.29) is 16.7 Å². The highest BCUT2D eigenvalue weighted by atomic mass is 32.2. The zero-order valence-electron chi connectivity index (χ0n) is 17.1. The number of amides is 2. The molecule has 0 aliphatic heterocycles. The Labute approximate surface area is 181 Å². The SMILES string of the molecule is CCOc1cccc(C(=O)Nc2ccc(C(=O)Nc3ccc(S(C)(=O)=O)cc3)cc2)c1. The van der Waals surface area contributed by atoms with Crippen LogP contribution in [0.3, 0.4) is 0 Å². The summed E-state index contributed by atoms with van der Waals surface area (Å²) >= 11 is 0. The first kappa shape index (κ1) is 22.0. The molecule has 0 radical (unpaired) electrons. The maximum atomic E-state index is 12.4. The molecule has 2 N–H and O–H groups in total. The molecule has 2 amide bonds. The third-order valence-corrected chi connectivity index (χ3v) is 5.48. The second-order valence-corrected chi connectivity index (χ2v) is 8.76. The van der Waals surface area contributed by atoms with Crippen molar-refractivity contribution in [3.63, 3.8) is 0 Å². The molecule has 0 atom stereocenters. The second-order valence-electron chi connectivity index (χ2n) is 6.74. The minimum atomic E-state index is -3.29. The number of nitrogens with one attached hydrogen (secondary N) is 2. The molecule has 8 heteroatoms. The molecular formula is C23H22N2O5S. The highest BCUT2D eigenvalue weighted by Crippen LogP contribution is 2.18. The molecule has 3 aromatic rings. The summed E-state index contributed by atoms with van der Waals surface area (Å²) in [7, 11) is -3.29. The van der Waals surface area contributed by atoms with E-state index in [1.54, 1.807) is 48.5 Å². The first-order valence-electron chi connectivity index (χ1n) is 9.52. The van der Waals surface area contributed by atoms with Crippen molar-refractivity contribution in [2.45, 2.75) is 11.8 Å². The van der Waals surface area contributed by atoms with Crippen molar-refractivity contribution in [3.05, 3.63) is 83.9 Å². The van der Waals surface area contributed by atoms with Crippen LogP contribution in [-0.4, -0.2) is 33.1 Å². The van der Waals surface area contributed by atoms with Crippen LogP contribution in [0.1, 0.15) is 27.6 Å². The van der Waals surface area contributed by atoms with Gasteiger partial charge < -0.3 is 15.4 Å². The first-order chi connectivity index (χ1) is 14.8. The van der Waals surface area contributed by atoms with Gasteiger partial charge in [0.1, 0.15) is 5.75 Å². The molecule has 0 saturated heterocycles. The van der Waals surface area contributed by atoms with E-state index < -0.39 is 9.84 Å². The maximum Gasteiger partial charge on any atom is 0.255 e. The van der Waals surface area contributed by atoms with Crippen LogP contribution < -0.4 is 15.4 Å². The van der Waals surface area contributed by atoms with E-state index >= 15 is 0 Å². The van der Waals surface area contributed by atoms with Gasteiger partial charge in [0.05, 0.1) is 11.5 Å². The van der Waals surface area contributed by atoms with Crippen LogP contribution in [0.5, 0.6) is 5.75 Å². The van der Waals surface area contributed by atoms with E-state index in [1.165, 1.54) is 24.3 Å². The van der Waals surface area contributed by atoms with Crippen molar-refractivity contribution in [1.29, 1.82) is 0 Å². The number of anilines is 2. The molecule has 0 aliphatic rings. The molecule has 160 valence electrons. The monoisotopic (exact) mass is 438 g/mol. The Bertz CT molecular complexity index is 1190. The number of carbonyl (C=O) groups excluding carboxylic acids is 2. The largest absolute Gasteiger partial charge is 0.494 e. The van der Waals surface area contributed by atoms with E-state index in [2.05, 4.69) is 10.6 Å². The number of sulfone groups is 1. The van der Waals surface area contributed by atoms with Gasteiger partial charge >= 0.3 is 0 Å². The molecule has 31 heavy (non-hydrogen) atoms. The van der Waals surface area contributed by atoms with Gasteiger partial charge in [-0.25, -0.2) is 8.42 Å². The number of rotatable bonds is 7. The first-order valence-corrected chi connectivity index (χ1v) is 11.4. The van der Waals surface area contributed by atoms with Gasteiger partial charge in [-0.15, -0.1) is 0 Å². The highest BCUT2D eigenvalue weighted by molar-refractivity contribution is 7.90. The van der Waals surface area contributed by atoms with Crippen LogP contribution in [0.4, 0.5) is 11.4 Å². The van der Waals surface area contributed by atoms with E-state index in [1.807, 2.05) is 6.92 Å². The lowest BCUT2D eigenvalue weighted by Gasteiger charge is -2.09. The average Bonchev–Trinajstić information content (AvgIpc) is 2.74. The number of hydrogen-bond acceptors (Lipinski definition) is 5. The fourth-order valence-corrected chi connectivity index (χ4v) is 3.42. The Hall–Kier alpha value is -3.65. The normalized spacial score (nSPS) is 10.9. The van der Waals surface area contributed by atoms with Gasteiger partial charge in [-0.3, -0.25) is 9.59 Å². The van der Waals surface area contributed by atoms with Crippen LogP contribution in [0.15, 0.2) is 77.7 Å². The van der Waals surface area contributed by atoms with Crippen molar-refractivity contribution in [2.24, 2.45) is 0 Å². The van der Waals surface area contributed by atoms with Gasteiger partial charge in [0.2, 0.25) is 0 Å². The molecule has 7 nitrogen and oxygen atoms in total. The van der Waals surface area contributed by atoms with Crippen LogP contribution in [-0.2, 0) is 9.84 Å². The standard InChI is InChI=1S/C23H22N2O5S/c1-3-30-20-6-4-5-17(15-20)23(27)25-18-9-7-16(8-10-18)22(26)24-19-11-13-21(14-12-19)31(2,28)29/h4-15H,3H2,1-2H3,(H,24,26)(H,25,27). The lowest BCUT2D eigenvalue weighted by Crippen LogP contribution is -2.14. The van der Waals surface area contributed by atoms with Gasteiger partial charge in [-0.05, 0) is 73.7 Å². The number of hydrogen-bond donors (Lipinski definition) is 2. The van der Waals surface area contributed by atoms with Crippen LogP contribution in [0, 0.1) is 0 Å². The molecule has 0 aliphatic carbocycles. The van der Waals surface area contributed by atoms with E-state index in [4.69, 9.17) is 4.74 Å². The molecule has 0 fully saturated rings.